The van der Waals surface area contributed by atoms with Crippen LogP contribution in [-0.4, -0.2) is 17.8 Å². The number of aryl methyl sites for hydroxylation is 2. The highest BCUT2D eigenvalue weighted by molar-refractivity contribution is 6.39. The Morgan fingerprint density at radius 1 is 0.810 bits per heavy atom. The molecule has 1 aliphatic rings. The van der Waals surface area contributed by atoms with Crippen LogP contribution in [0.15, 0.2) is 90.5 Å². The van der Waals surface area contributed by atoms with Gasteiger partial charge < -0.3 is 9.47 Å². The first-order valence-electron chi connectivity index (χ1n) is 13.1. The second-order valence-corrected chi connectivity index (χ2v) is 10.6. The van der Waals surface area contributed by atoms with Crippen molar-refractivity contribution in [2.24, 2.45) is 0 Å². The maximum Gasteiger partial charge on any atom is 0.335 e. The van der Waals surface area contributed by atoms with Crippen molar-refractivity contribution in [3.8, 4) is 11.5 Å². The van der Waals surface area contributed by atoms with Gasteiger partial charge in [0.25, 0.3) is 11.8 Å². The smallest absolute Gasteiger partial charge is 0.335 e. The van der Waals surface area contributed by atoms with Crippen molar-refractivity contribution in [1.29, 1.82) is 0 Å². The summed E-state index contributed by atoms with van der Waals surface area (Å²) in [5.41, 5.74) is 4.69. The number of amides is 4. The molecule has 0 atom stereocenters. The van der Waals surface area contributed by atoms with Crippen LogP contribution in [-0.2, 0) is 22.8 Å². The predicted octanol–water partition coefficient (Wildman–Crippen LogP) is 7.43. The van der Waals surface area contributed by atoms with Gasteiger partial charge in [-0.05, 0) is 79.1 Å². The number of carbonyl (C=O) groups is 3. The van der Waals surface area contributed by atoms with Crippen molar-refractivity contribution >= 4 is 52.8 Å². The van der Waals surface area contributed by atoms with E-state index in [1.165, 1.54) is 11.6 Å². The van der Waals surface area contributed by atoms with Gasteiger partial charge in [0.05, 0.1) is 5.69 Å². The highest BCUT2D eigenvalue weighted by atomic mass is 35.5. The average molecular weight is 601 g/mol. The molecule has 1 saturated heterocycles. The molecule has 1 heterocycles. The monoisotopic (exact) mass is 600 g/mol. The Morgan fingerprint density at radius 3 is 2.31 bits per heavy atom. The van der Waals surface area contributed by atoms with E-state index in [4.69, 9.17) is 32.7 Å². The summed E-state index contributed by atoms with van der Waals surface area (Å²) in [6.45, 7) is 4.59. The van der Waals surface area contributed by atoms with Gasteiger partial charge in [0.15, 0.2) is 0 Å². The number of hydrogen-bond donors (Lipinski definition) is 1. The topological polar surface area (TPSA) is 84.9 Å². The zero-order valence-corrected chi connectivity index (χ0v) is 24.3. The third-order valence-electron chi connectivity index (χ3n) is 6.79. The van der Waals surface area contributed by atoms with E-state index >= 15 is 0 Å². The molecular formula is C33H26Cl2N2O5. The van der Waals surface area contributed by atoms with E-state index < -0.39 is 17.8 Å². The molecule has 42 heavy (non-hydrogen) atoms. The normalized spacial score (nSPS) is 14.2. The minimum Gasteiger partial charge on any atom is -0.489 e. The van der Waals surface area contributed by atoms with Gasteiger partial charge in [0.1, 0.15) is 30.3 Å². The Labute approximate surface area is 253 Å². The van der Waals surface area contributed by atoms with Crippen molar-refractivity contribution in [2.45, 2.75) is 27.1 Å². The fraction of sp³-hybridized carbons (Fsp3) is 0.121. The minimum atomic E-state index is -0.844. The summed E-state index contributed by atoms with van der Waals surface area (Å²) in [6.07, 6.45) is 1.43. The number of imide groups is 2. The molecule has 7 nitrogen and oxygen atoms in total. The van der Waals surface area contributed by atoms with Crippen molar-refractivity contribution in [1.82, 2.24) is 5.32 Å². The molecule has 0 spiro atoms. The lowest BCUT2D eigenvalue weighted by atomic mass is 10.1. The molecule has 1 aliphatic heterocycles. The lowest BCUT2D eigenvalue weighted by Crippen LogP contribution is -2.54. The second kappa shape index (κ2) is 12.5. The summed E-state index contributed by atoms with van der Waals surface area (Å²) < 4.78 is 11.8. The van der Waals surface area contributed by atoms with Crippen molar-refractivity contribution in [2.75, 3.05) is 4.90 Å². The van der Waals surface area contributed by atoms with Crippen molar-refractivity contribution < 1.29 is 23.9 Å². The molecule has 0 saturated carbocycles. The van der Waals surface area contributed by atoms with Gasteiger partial charge in [0.2, 0.25) is 0 Å². The van der Waals surface area contributed by atoms with Crippen LogP contribution in [0.4, 0.5) is 10.5 Å². The zero-order valence-electron chi connectivity index (χ0n) is 22.8. The number of nitrogens with one attached hydrogen (secondary N) is 1. The van der Waals surface area contributed by atoms with Gasteiger partial charge in [0, 0.05) is 21.2 Å². The molecule has 4 amide bonds. The SMILES string of the molecule is Cc1ccc(COc2ccccc2/C=C2\C(=O)NC(=O)N(c3ccc(OCc4ccc(Cl)cc4Cl)cc3)C2=O)cc1C. The first kappa shape index (κ1) is 28.9. The summed E-state index contributed by atoms with van der Waals surface area (Å²) in [4.78, 5) is 39.8. The summed E-state index contributed by atoms with van der Waals surface area (Å²) >= 11 is 12.2. The zero-order chi connectivity index (χ0) is 29.8. The molecule has 0 aliphatic carbocycles. The maximum atomic E-state index is 13.5. The Hall–Kier alpha value is -4.59. The number of nitrogens with zero attached hydrogens (tertiary/aromatic N) is 1. The lowest BCUT2D eigenvalue weighted by molar-refractivity contribution is -0.122. The molecule has 212 valence electrons. The molecule has 0 bridgehead atoms. The predicted molar refractivity (Wildman–Crippen MR) is 163 cm³/mol. The number of barbiturate groups is 1. The highest BCUT2D eigenvalue weighted by Crippen LogP contribution is 2.28. The third-order valence-corrected chi connectivity index (χ3v) is 7.38. The number of para-hydroxylation sites is 1. The van der Waals surface area contributed by atoms with Crippen LogP contribution in [0.25, 0.3) is 6.08 Å². The van der Waals surface area contributed by atoms with Gasteiger partial charge in [-0.2, -0.15) is 0 Å². The molecule has 4 aromatic rings. The van der Waals surface area contributed by atoms with Gasteiger partial charge in [-0.15, -0.1) is 0 Å². The lowest BCUT2D eigenvalue weighted by Gasteiger charge is -2.26. The first-order valence-corrected chi connectivity index (χ1v) is 13.8. The van der Waals surface area contributed by atoms with E-state index in [2.05, 4.69) is 11.4 Å². The second-order valence-electron chi connectivity index (χ2n) is 9.72. The van der Waals surface area contributed by atoms with E-state index in [0.717, 1.165) is 21.6 Å². The molecule has 4 aromatic carbocycles. The number of ether oxygens (including phenoxy) is 2. The molecule has 1 N–H and O–H groups in total. The number of rotatable bonds is 8. The highest BCUT2D eigenvalue weighted by Gasteiger charge is 2.37. The Bertz CT molecular complexity index is 1720. The Balaban J connectivity index is 1.33. The quantitative estimate of drug-likeness (QED) is 0.168. The standard InChI is InChI=1S/C33H26Cl2N2O5/c1-20-7-8-22(15-21(20)2)18-42-30-6-4-3-5-23(30)16-28-31(38)36-33(40)37(32(28)39)26-11-13-27(14-12-26)41-19-24-9-10-25(34)17-29(24)35/h3-17H,18-19H2,1-2H3,(H,36,38,40)/b28-16+. The van der Waals surface area contributed by atoms with Crippen LogP contribution >= 0.6 is 23.2 Å². The number of halogens is 2. The number of benzene rings is 4. The summed E-state index contributed by atoms with van der Waals surface area (Å²) in [5.74, 6) is -0.551. The van der Waals surface area contributed by atoms with E-state index in [1.54, 1.807) is 66.7 Å². The number of anilines is 1. The van der Waals surface area contributed by atoms with E-state index in [1.807, 2.05) is 26.0 Å². The van der Waals surface area contributed by atoms with Crippen LogP contribution in [0.5, 0.6) is 11.5 Å². The Kier molecular flexibility index (Phi) is 8.61. The molecule has 0 radical (unpaired) electrons. The molecule has 0 aromatic heterocycles. The summed E-state index contributed by atoms with van der Waals surface area (Å²) in [6, 6.07) is 23.8. The van der Waals surface area contributed by atoms with Crippen LogP contribution in [0.2, 0.25) is 10.0 Å². The van der Waals surface area contributed by atoms with Crippen LogP contribution < -0.4 is 19.7 Å². The van der Waals surface area contributed by atoms with Gasteiger partial charge in [-0.25, -0.2) is 9.69 Å². The summed E-state index contributed by atoms with van der Waals surface area (Å²) in [5, 5.41) is 3.26. The van der Waals surface area contributed by atoms with Gasteiger partial charge in [-0.3, -0.25) is 14.9 Å². The minimum absolute atomic E-state index is 0.199. The fourth-order valence-electron chi connectivity index (χ4n) is 4.32. The molecule has 9 heteroatoms. The van der Waals surface area contributed by atoms with E-state index in [-0.39, 0.29) is 17.9 Å². The number of hydrogen-bond acceptors (Lipinski definition) is 5. The average Bonchev–Trinajstić information content (AvgIpc) is 2.96. The third kappa shape index (κ3) is 6.48. The van der Waals surface area contributed by atoms with E-state index in [0.29, 0.717) is 33.7 Å². The molecule has 0 unspecified atom stereocenters. The largest absolute Gasteiger partial charge is 0.489 e. The molecular weight excluding hydrogens is 575 g/mol. The van der Waals surface area contributed by atoms with Crippen LogP contribution in [0, 0.1) is 13.8 Å². The van der Waals surface area contributed by atoms with Gasteiger partial charge >= 0.3 is 6.03 Å². The van der Waals surface area contributed by atoms with Crippen molar-refractivity contribution in [3.05, 3.63) is 128 Å². The summed E-state index contributed by atoms with van der Waals surface area (Å²) in [7, 11) is 0. The Morgan fingerprint density at radius 2 is 1.57 bits per heavy atom. The number of carbonyl (C=O) groups excluding carboxylic acids is 3. The molecule has 1 fully saturated rings. The van der Waals surface area contributed by atoms with Gasteiger partial charge in [-0.1, -0.05) is 65.7 Å². The fourth-order valence-corrected chi connectivity index (χ4v) is 4.79. The maximum absolute atomic E-state index is 13.5. The number of urea groups is 1. The van der Waals surface area contributed by atoms with Crippen LogP contribution in [0.3, 0.4) is 0 Å². The van der Waals surface area contributed by atoms with Crippen LogP contribution in [0.1, 0.15) is 27.8 Å². The molecule has 5 rings (SSSR count). The first-order chi connectivity index (χ1) is 20.2. The van der Waals surface area contributed by atoms with E-state index in [9.17, 15) is 14.4 Å². The van der Waals surface area contributed by atoms with Crippen molar-refractivity contribution in [3.63, 3.8) is 0 Å².